The monoisotopic (exact) mass is 1410 g/mol. The number of nitrogens with two attached hydrogens (primary N) is 1. The van der Waals surface area contributed by atoms with Crippen molar-refractivity contribution in [3.63, 3.8) is 0 Å². The molecular formula is C79H93N9O9S3. The molecule has 5 N–H and O–H groups in total. The molecule has 0 saturated carbocycles. The number of fused-ring (bicyclic) bond motifs is 3. The van der Waals surface area contributed by atoms with Gasteiger partial charge in [-0.2, -0.15) is 0 Å². The molecule has 526 valence electrons. The number of likely N-dealkylation sites (tertiary alicyclic amines) is 2. The number of carbonyl (C=O) groups excluding carboxylic acids is 8. The second-order valence-electron chi connectivity index (χ2n) is 25.5. The van der Waals surface area contributed by atoms with Crippen LogP contribution < -0.4 is 21.7 Å². The number of nitrogens with one attached hydrogen (secondary N) is 3. The number of Topliss-reactive ketones (excluding diaryl/α,β-unsaturated/α-hetero) is 3. The highest BCUT2D eigenvalue weighted by atomic mass is 32.1. The van der Waals surface area contributed by atoms with Crippen LogP contribution in [0.4, 0.5) is 4.79 Å². The summed E-state index contributed by atoms with van der Waals surface area (Å²) in [7, 11) is 0. The van der Waals surface area contributed by atoms with Crippen LogP contribution in [0.2, 0.25) is 0 Å². The van der Waals surface area contributed by atoms with Crippen LogP contribution in [0.25, 0.3) is 30.6 Å². The Balaban J connectivity index is 0.000000177. The van der Waals surface area contributed by atoms with Crippen LogP contribution in [0.15, 0.2) is 164 Å². The molecule has 2 aliphatic heterocycles. The van der Waals surface area contributed by atoms with Crippen LogP contribution in [-0.4, -0.2) is 123 Å². The van der Waals surface area contributed by atoms with Crippen molar-refractivity contribution < 1.29 is 43.1 Å². The molecule has 0 aliphatic carbocycles. The number of para-hydroxylation sites is 3. The third-order valence-corrected chi connectivity index (χ3v) is 21.1. The SMILES string of the molecule is CCCCCC(NC(=O)[C@@H]1CCCN(C(=O)CCc2ccccc2)C1)C(=O)c1nc2ccccc2s1.CCCCCC(NC(=O)[C@H]1CCCN(C(=O)CCc2ccccc2)C1)C(=O)c1nc2ccccc2s1.NCCCC[C@H](NC(=O)OCc1ccccc1)C(=O)c1nc2ccccc2s1. The van der Waals surface area contributed by atoms with E-state index in [1.807, 2.05) is 174 Å². The van der Waals surface area contributed by atoms with E-state index < -0.39 is 24.2 Å². The number of hydrogen-bond donors (Lipinski definition) is 4. The minimum Gasteiger partial charge on any atom is -0.445 e. The van der Waals surface area contributed by atoms with E-state index in [4.69, 9.17) is 10.5 Å². The van der Waals surface area contributed by atoms with E-state index in [1.54, 1.807) is 0 Å². The van der Waals surface area contributed by atoms with Crippen molar-refractivity contribution in [1.82, 2.24) is 40.7 Å². The van der Waals surface area contributed by atoms with E-state index in [9.17, 15) is 38.4 Å². The van der Waals surface area contributed by atoms with Crippen LogP contribution in [0.3, 0.4) is 0 Å². The van der Waals surface area contributed by atoms with Gasteiger partial charge in [0.25, 0.3) is 0 Å². The second-order valence-corrected chi connectivity index (χ2v) is 28.6. The predicted molar refractivity (Wildman–Crippen MR) is 399 cm³/mol. The van der Waals surface area contributed by atoms with E-state index in [0.717, 1.165) is 124 Å². The molecule has 11 rings (SSSR count). The van der Waals surface area contributed by atoms with Gasteiger partial charge in [-0.05, 0) is 130 Å². The number of aromatic nitrogens is 3. The van der Waals surface area contributed by atoms with Gasteiger partial charge in [-0.25, -0.2) is 19.7 Å². The molecule has 2 saturated heterocycles. The van der Waals surface area contributed by atoms with E-state index in [0.29, 0.717) is 92.7 Å². The number of rotatable bonds is 31. The highest BCUT2D eigenvalue weighted by molar-refractivity contribution is 7.21. The van der Waals surface area contributed by atoms with Gasteiger partial charge < -0.3 is 36.2 Å². The third kappa shape index (κ3) is 22.8. The molecular weight excluding hydrogens is 1320 g/mol. The molecule has 18 nitrogen and oxygen atoms in total. The lowest BCUT2D eigenvalue weighted by atomic mass is 9.95. The van der Waals surface area contributed by atoms with Crippen molar-refractivity contribution in [1.29, 1.82) is 0 Å². The second kappa shape index (κ2) is 39.8. The van der Waals surface area contributed by atoms with Gasteiger partial charge >= 0.3 is 6.09 Å². The van der Waals surface area contributed by atoms with Gasteiger partial charge in [-0.15, -0.1) is 34.0 Å². The van der Waals surface area contributed by atoms with Gasteiger partial charge in [0.05, 0.1) is 60.6 Å². The summed E-state index contributed by atoms with van der Waals surface area (Å²) in [6.45, 7) is 7.12. The molecule has 100 heavy (non-hydrogen) atoms. The van der Waals surface area contributed by atoms with Gasteiger partial charge in [0.15, 0.2) is 15.0 Å². The van der Waals surface area contributed by atoms with Gasteiger partial charge in [0, 0.05) is 39.0 Å². The molecule has 6 aromatic carbocycles. The van der Waals surface area contributed by atoms with Gasteiger partial charge in [0.2, 0.25) is 41.0 Å². The number of ether oxygens (including phenoxy) is 1. The smallest absolute Gasteiger partial charge is 0.408 e. The number of nitrogens with zero attached hydrogens (tertiary/aromatic N) is 5. The molecule has 2 fully saturated rings. The van der Waals surface area contributed by atoms with E-state index >= 15 is 0 Å². The summed E-state index contributed by atoms with van der Waals surface area (Å²) >= 11 is 4.09. The van der Waals surface area contributed by atoms with Crippen LogP contribution in [0, 0.1) is 11.8 Å². The van der Waals surface area contributed by atoms with Crippen LogP contribution in [-0.2, 0) is 43.4 Å². The zero-order chi connectivity index (χ0) is 70.4. The average molecular weight is 1410 g/mol. The van der Waals surface area contributed by atoms with Crippen LogP contribution >= 0.6 is 34.0 Å². The molecule has 5 amide bonds. The average Bonchev–Trinajstić information content (AvgIpc) is 1.63. The summed E-state index contributed by atoms with van der Waals surface area (Å²) in [5, 5.41) is 10.1. The summed E-state index contributed by atoms with van der Waals surface area (Å²) in [5.41, 5.74) is 11.1. The summed E-state index contributed by atoms with van der Waals surface area (Å²) in [5.74, 6) is -1.12. The largest absolute Gasteiger partial charge is 0.445 e. The Labute approximate surface area is 598 Å². The maximum absolute atomic E-state index is 13.4. The molecule has 5 heterocycles. The topological polar surface area (TPSA) is 253 Å². The molecule has 0 spiro atoms. The zero-order valence-electron chi connectivity index (χ0n) is 57.4. The van der Waals surface area contributed by atoms with Gasteiger partial charge in [-0.1, -0.05) is 180 Å². The van der Waals surface area contributed by atoms with Gasteiger partial charge in [0.1, 0.15) is 6.61 Å². The highest BCUT2D eigenvalue weighted by Gasteiger charge is 2.34. The highest BCUT2D eigenvalue weighted by Crippen LogP contribution is 2.28. The number of piperidine rings is 2. The molecule has 21 heteroatoms. The first-order chi connectivity index (χ1) is 48.8. The standard InChI is InChI=1S/2C29H35N3O3S.C21H23N3O3S/c2*1-2-3-5-15-24(27(34)29-31-23-14-8-9-16-25(23)36-29)30-28(35)22-13-10-19-32(20-22)26(33)18-17-21-11-6-4-7-12-21;22-13-7-6-11-17(24-21(26)27-14-15-8-2-1-3-9-15)19(25)20-23-16-10-4-5-12-18(16)28-20/h2*4,6-9,11-12,14,16,22,24H,2-3,5,10,13,15,17-20H2,1H3,(H,30,35);1-5,8-10,12,17H,6-7,11,13-14,22H2,(H,24,26)/t2*22-,24?;17-/m100/s1. The van der Waals surface area contributed by atoms with Crippen molar-refractivity contribution in [2.24, 2.45) is 17.6 Å². The number of amides is 5. The number of benzene rings is 6. The van der Waals surface area contributed by atoms with Gasteiger partial charge in [-0.3, -0.25) is 33.6 Å². The summed E-state index contributed by atoms with van der Waals surface area (Å²) in [6.07, 6.45) is 13.7. The Hall–Kier alpha value is -8.89. The molecule has 2 unspecified atom stereocenters. The van der Waals surface area contributed by atoms with Crippen molar-refractivity contribution in [2.45, 2.75) is 161 Å². The summed E-state index contributed by atoms with van der Waals surface area (Å²) in [6, 6.07) is 50.5. The van der Waals surface area contributed by atoms with Crippen molar-refractivity contribution in [2.75, 3.05) is 32.7 Å². The fraction of sp³-hybridized carbons (Fsp3) is 0.405. The number of thiazole rings is 3. The lowest BCUT2D eigenvalue weighted by Crippen LogP contribution is -2.49. The van der Waals surface area contributed by atoms with E-state index in [2.05, 4.69) is 44.7 Å². The lowest BCUT2D eigenvalue weighted by Gasteiger charge is -2.33. The van der Waals surface area contributed by atoms with Crippen molar-refractivity contribution in [3.05, 3.63) is 196 Å². The Bertz CT molecular complexity index is 3820. The normalized spacial score (nSPS) is 15.3. The van der Waals surface area contributed by atoms with Crippen molar-refractivity contribution in [3.8, 4) is 0 Å². The molecule has 0 radical (unpaired) electrons. The molecule has 0 bridgehead atoms. The molecule has 5 atom stereocenters. The lowest BCUT2D eigenvalue weighted by molar-refractivity contribution is -0.137. The Kier molecular flexibility index (Phi) is 30.0. The summed E-state index contributed by atoms with van der Waals surface area (Å²) in [4.78, 5) is 121. The molecule has 2 aliphatic rings. The number of alkyl carbamates (subject to hydrolysis) is 1. The Morgan fingerprint density at radius 1 is 0.460 bits per heavy atom. The molecule has 3 aromatic heterocycles. The number of aryl methyl sites for hydroxylation is 2. The first kappa shape index (κ1) is 75.3. The minimum atomic E-state index is -0.685. The first-order valence-electron chi connectivity index (χ1n) is 35.4. The maximum atomic E-state index is 13.4. The fourth-order valence-electron chi connectivity index (χ4n) is 12.3. The number of hydrogen-bond acceptors (Lipinski definition) is 16. The first-order valence-corrected chi connectivity index (χ1v) is 37.8. The van der Waals surface area contributed by atoms with E-state index in [-0.39, 0.29) is 59.4 Å². The Morgan fingerprint density at radius 3 is 1.18 bits per heavy atom. The van der Waals surface area contributed by atoms with E-state index in [1.165, 1.54) is 34.0 Å². The predicted octanol–water partition coefficient (Wildman–Crippen LogP) is 14.7. The van der Waals surface area contributed by atoms with Crippen LogP contribution in [0.1, 0.15) is 169 Å². The molecule has 9 aromatic rings. The zero-order valence-corrected chi connectivity index (χ0v) is 59.8. The number of unbranched alkanes of at least 4 members (excludes halogenated alkanes) is 5. The number of carbonyl (C=O) groups is 8. The fourth-order valence-corrected chi connectivity index (χ4v) is 15.2. The number of ketones is 3. The Morgan fingerprint density at radius 2 is 0.810 bits per heavy atom. The van der Waals surface area contributed by atoms with Crippen molar-refractivity contribution >= 4 is 112 Å². The third-order valence-electron chi connectivity index (χ3n) is 18.0. The summed E-state index contributed by atoms with van der Waals surface area (Å²) < 4.78 is 8.15. The minimum absolute atomic E-state index is 0.0846. The van der Waals surface area contributed by atoms with Crippen LogP contribution in [0.5, 0.6) is 0 Å². The quantitative estimate of drug-likeness (QED) is 0.0233. The maximum Gasteiger partial charge on any atom is 0.408 e.